The zero-order valence-electron chi connectivity index (χ0n) is 11.7. The number of ketones is 1. The van der Waals surface area contributed by atoms with Crippen LogP contribution in [0.1, 0.15) is 30.1 Å². The minimum atomic E-state index is -0.258. The highest BCUT2D eigenvalue weighted by atomic mass is 16.5. The van der Waals surface area contributed by atoms with Crippen LogP contribution in [0.5, 0.6) is 11.5 Å². The Morgan fingerprint density at radius 3 is 2.60 bits per heavy atom. The molecule has 1 fully saturated rings. The summed E-state index contributed by atoms with van der Waals surface area (Å²) in [6, 6.07) is 4.18. The van der Waals surface area contributed by atoms with Crippen molar-refractivity contribution in [3.05, 3.63) is 23.8 Å². The van der Waals surface area contributed by atoms with E-state index in [0.29, 0.717) is 18.2 Å². The molecule has 0 radical (unpaired) electrons. The predicted molar refractivity (Wildman–Crippen MR) is 75.2 cm³/mol. The number of carbonyl (C=O) groups excluding carboxylic acids is 1. The summed E-state index contributed by atoms with van der Waals surface area (Å²) in [5.41, 5.74) is 0.423. The van der Waals surface area contributed by atoms with E-state index in [1.54, 1.807) is 0 Å². The van der Waals surface area contributed by atoms with Crippen molar-refractivity contribution >= 4 is 5.78 Å². The summed E-state index contributed by atoms with van der Waals surface area (Å²) in [4.78, 5) is 14.2. The van der Waals surface area contributed by atoms with Gasteiger partial charge in [0.15, 0.2) is 17.3 Å². The SMILES string of the molecule is CCOC1CCN(CC(=O)c2ccc(O)c(O)c2)CC1. The lowest BCUT2D eigenvalue weighted by atomic mass is 10.1. The first-order valence-electron chi connectivity index (χ1n) is 6.99. The maximum absolute atomic E-state index is 12.1. The van der Waals surface area contributed by atoms with Gasteiger partial charge in [0.05, 0.1) is 12.6 Å². The summed E-state index contributed by atoms with van der Waals surface area (Å²) in [5.74, 6) is -0.514. The van der Waals surface area contributed by atoms with Crippen molar-refractivity contribution in [1.29, 1.82) is 0 Å². The van der Waals surface area contributed by atoms with Gasteiger partial charge in [-0.2, -0.15) is 0 Å². The van der Waals surface area contributed by atoms with Crippen LogP contribution < -0.4 is 0 Å². The third-order valence-electron chi connectivity index (χ3n) is 3.60. The number of ether oxygens (including phenoxy) is 1. The van der Waals surface area contributed by atoms with Crippen molar-refractivity contribution in [2.45, 2.75) is 25.9 Å². The Bertz CT molecular complexity index is 467. The summed E-state index contributed by atoms with van der Waals surface area (Å²) in [5, 5.41) is 18.7. The molecule has 1 aromatic rings. The van der Waals surface area contributed by atoms with Gasteiger partial charge in [-0.05, 0) is 38.0 Å². The van der Waals surface area contributed by atoms with Crippen LogP contribution in [-0.2, 0) is 4.74 Å². The third kappa shape index (κ3) is 3.71. The van der Waals surface area contributed by atoms with Gasteiger partial charge in [-0.15, -0.1) is 0 Å². The van der Waals surface area contributed by atoms with Crippen molar-refractivity contribution in [2.24, 2.45) is 0 Å². The van der Waals surface area contributed by atoms with Crippen molar-refractivity contribution in [3.8, 4) is 11.5 Å². The van der Waals surface area contributed by atoms with Gasteiger partial charge in [-0.25, -0.2) is 0 Å². The first kappa shape index (κ1) is 14.8. The molecule has 1 saturated heterocycles. The molecule has 2 rings (SSSR count). The maximum atomic E-state index is 12.1. The van der Waals surface area contributed by atoms with Crippen molar-refractivity contribution in [3.63, 3.8) is 0 Å². The molecule has 0 bridgehead atoms. The number of Topliss-reactive ketones (excluding diaryl/α,β-unsaturated/α-hetero) is 1. The molecule has 0 unspecified atom stereocenters. The van der Waals surface area contributed by atoms with Crippen molar-refractivity contribution in [2.75, 3.05) is 26.2 Å². The predicted octanol–water partition coefficient (Wildman–Crippen LogP) is 1.78. The highest BCUT2D eigenvalue weighted by molar-refractivity contribution is 5.98. The number of nitrogens with zero attached hydrogens (tertiary/aromatic N) is 1. The number of aromatic hydroxyl groups is 2. The molecule has 1 heterocycles. The highest BCUT2D eigenvalue weighted by Gasteiger charge is 2.21. The zero-order valence-corrected chi connectivity index (χ0v) is 11.7. The number of rotatable bonds is 5. The van der Waals surface area contributed by atoms with Crippen LogP contribution in [0.15, 0.2) is 18.2 Å². The Kier molecular flexibility index (Phi) is 4.98. The fourth-order valence-corrected chi connectivity index (χ4v) is 2.46. The molecule has 2 N–H and O–H groups in total. The number of carbonyl (C=O) groups is 1. The number of benzene rings is 1. The number of likely N-dealkylation sites (tertiary alicyclic amines) is 1. The Morgan fingerprint density at radius 1 is 1.30 bits per heavy atom. The highest BCUT2D eigenvalue weighted by Crippen LogP contribution is 2.25. The quantitative estimate of drug-likeness (QED) is 0.635. The fourth-order valence-electron chi connectivity index (χ4n) is 2.46. The second-order valence-corrected chi connectivity index (χ2v) is 5.06. The average Bonchev–Trinajstić information content (AvgIpc) is 2.44. The third-order valence-corrected chi connectivity index (χ3v) is 3.60. The van der Waals surface area contributed by atoms with Gasteiger partial charge in [-0.3, -0.25) is 9.69 Å². The molecular formula is C15H21NO4. The monoisotopic (exact) mass is 279 g/mol. The van der Waals surface area contributed by atoms with Gasteiger partial charge >= 0.3 is 0 Å². The number of hydrogen-bond donors (Lipinski definition) is 2. The lowest BCUT2D eigenvalue weighted by molar-refractivity contribution is 0.0147. The van der Waals surface area contributed by atoms with Crippen LogP contribution in [0, 0.1) is 0 Å². The second kappa shape index (κ2) is 6.72. The van der Waals surface area contributed by atoms with Gasteiger partial charge < -0.3 is 14.9 Å². The molecule has 0 saturated carbocycles. The van der Waals surface area contributed by atoms with E-state index in [1.807, 2.05) is 6.92 Å². The molecule has 5 nitrogen and oxygen atoms in total. The summed E-state index contributed by atoms with van der Waals surface area (Å²) in [6.45, 7) is 4.76. The van der Waals surface area contributed by atoms with E-state index in [4.69, 9.17) is 4.74 Å². The first-order valence-corrected chi connectivity index (χ1v) is 6.99. The van der Waals surface area contributed by atoms with E-state index in [2.05, 4.69) is 4.90 Å². The van der Waals surface area contributed by atoms with Crippen LogP contribution >= 0.6 is 0 Å². The smallest absolute Gasteiger partial charge is 0.176 e. The number of phenolic OH excluding ortho intramolecular Hbond substituents is 2. The Hall–Kier alpha value is -1.59. The second-order valence-electron chi connectivity index (χ2n) is 5.06. The number of piperidine rings is 1. The van der Waals surface area contributed by atoms with Crippen molar-refractivity contribution < 1.29 is 19.7 Å². The molecular weight excluding hydrogens is 258 g/mol. The number of phenols is 2. The summed E-state index contributed by atoms with van der Waals surface area (Å²) in [6.07, 6.45) is 2.20. The zero-order chi connectivity index (χ0) is 14.5. The van der Waals surface area contributed by atoms with E-state index < -0.39 is 0 Å². The van der Waals surface area contributed by atoms with Gasteiger partial charge in [0.1, 0.15) is 0 Å². The average molecular weight is 279 g/mol. The van der Waals surface area contributed by atoms with E-state index in [-0.39, 0.29) is 17.3 Å². The first-order chi connectivity index (χ1) is 9.60. The minimum Gasteiger partial charge on any atom is -0.504 e. The molecule has 20 heavy (non-hydrogen) atoms. The van der Waals surface area contributed by atoms with E-state index in [1.165, 1.54) is 18.2 Å². The Balaban J connectivity index is 1.87. The van der Waals surface area contributed by atoms with Crippen LogP contribution in [-0.4, -0.2) is 53.2 Å². The van der Waals surface area contributed by atoms with Crippen LogP contribution in [0.3, 0.4) is 0 Å². The van der Waals surface area contributed by atoms with Crippen LogP contribution in [0.2, 0.25) is 0 Å². The van der Waals surface area contributed by atoms with Gasteiger partial charge in [-0.1, -0.05) is 0 Å². The lowest BCUT2D eigenvalue weighted by Gasteiger charge is -2.31. The molecule has 5 heteroatoms. The lowest BCUT2D eigenvalue weighted by Crippen LogP contribution is -2.39. The topological polar surface area (TPSA) is 70.0 Å². The van der Waals surface area contributed by atoms with Gasteiger partial charge in [0.25, 0.3) is 0 Å². The summed E-state index contributed by atoms with van der Waals surface area (Å²) >= 11 is 0. The summed E-state index contributed by atoms with van der Waals surface area (Å²) < 4.78 is 5.58. The van der Waals surface area contributed by atoms with E-state index in [9.17, 15) is 15.0 Å². The summed E-state index contributed by atoms with van der Waals surface area (Å²) in [7, 11) is 0. The Labute approximate surface area is 118 Å². The fraction of sp³-hybridized carbons (Fsp3) is 0.533. The van der Waals surface area contributed by atoms with E-state index in [0.717, 1.165) is 32.5 Å². The standard InChI is InChI=1S/C15H21NO4/c1-2-20-12-5-7-16(8-6-12)10-15(19)11-3-4-13(17)14(18)9-11/h3-4,9,12,17-18H,2,5-8,10H2,1H3. The number of hydrogen-bond acceptors (Lipinski definition) is 5. The molecule has 110 valence electrons. The normalized spacial score (nSPS) is 17.2. The molecule has 1 aliphatic heterocycles. The molecule has 1 aliphatic rings. The molecule has 0 aromatic heterocycles. The molecule has 0 amide bonds. The van der Waals surface area contributed by atoms with Crippen LogP contribution in [0.25, 0.3) is 0 Å². The molecule has 1 aromatic carbocycles. The molecule has 0 spiro atoms. The Morgan fingerprint density at radius 2 is 2.00 bits per heavy atom. The van der Waals surface area contributed by atoms with E-state index >= 15 is 0 Å². The van der Waals surface area contributed by atoms with Crippen molar-refractivity contribution in [1.82, 2.24) is 4.90 Å². The largest absolute Gasteiger partial charge is 0.504 e. The van der Waals surface area contributed by atoms with Crippen LogP contribution in [0.4, 0.5) is 0 Å². The maximum Gasteiger partial charge on any atom is 0.176 e. The molecule has 0 atom stereocenters. The van der Waals surface area contributed by atoms with Gasteiger partial charge in [0.2, 0.25) is 0 Å². The minimum absolute atomic E-state index is 0.0461. The molecule has 0 aliphatic carbocycles. The van der Waals surface area contributed by atoms with Gasteiger partial charge in [0, 0.05) is 25.3 Å².